The van der Waals surface area contributed by atoms with Crippen molar-refractivity contribution in [3.8, 4) is 0 Å². The quantitative estimate of drug-likeness (QED) is 0.687. The summed E-state index contributed by atoms with van der Waals surface area (Å²) in [7, 11) is 2.09. The van der Waals surface area contributed by atoms with Crippen LogP contribution >= 0.6 is 0 Å². The number of hydrogen-bond acceptors (Lipinski definition) is 2. The van der Waals surface area contributed by atoms with Gasteiger partial charge in [0.1, 0.15) is 0 Å². The van der Waals surface area contributed by atoms with Gasteiger partial charge in [0.2, 0.25) is 0 Å². The Labute approximate surface area is 90.9 Å². The summed E-state index contributed by atoms with van der Waals surface area (Å²) in [4.78, 5) is 14.4. The molecule has 0 radical (unpaired) electrons. The van der Waals surface area contributed by atoms with Crippen LogP contribution in [0.3, 0.4) is 0 Å². The van der Waals surface area contributed by atoms with E-state index in [0.717, 1.165) is 31.5 Å². The van der Waals surface area contributed by atoms with E-state index in [-0.39, 0.29) is 5.92 Å². The molecule has 1 heterocycles. The van der Waals surface area contributed by atoms with Crippen molar-refractivity contribution in [2.24, 2.45) is 5.92 Å². The molecule has 0 unspecified atom stereocenters. The molecule has 1 atom stereocenters. The number of hydrogen-bond donors (Lipinski definition) is 0. The summed E-state index contributed by atoms with van der Waals surface area (Å²) in [6, 6.07) is 9.64. The summed E-state index contributed by atoms with van der Waals surface area (Å²) in [6.07, 6.45) is 2.18. The molecule has 0 saturated carbocycles. The highest BCUT2D eigenvalue weighted by Gasteiger charge is 2.24. The molecule has 0 bridgehead atoms. The fourth-order valence-corrected chi connectivity index (χ4v) is 2.22. The highest BCUT2D eigenvalue weighted by atomic mass is 16.1. The van der Waals surface area contributed by atoms with E-state index in [4.69, 9.17) is 0 Å². The zero-order valence-corrected chi connectivity index (χ0v) is 9.15. The van der Waals surface area contributed by atoms with Gasteiger partial charge in [-0.25, -0.2) is 0 Å². The topological polar surface area (TPSA) is 20.3 Å². The first kappa shape index (κ1) is 10.4. The second-order valence-corrected chi connectivity index (χ2v) is 4.33. The van der Waals surface area contributed by atoms with Crippen molar-refractivity contribution in [1.82, 2.24) is 4.90 Å². The van der Waals surface area contributed by atoms with Gasteiger partial charge in [-0.2, -0.15) is 0 Å². The molecule has 2 heteroatoms. The van der Waals surface area contributed by atoms with E-state index in [1.54, 1.807) is 0 Å². The Morgan fingerprint density at radius 2 is 2.07 bits per heavy atom. The minimum Gasteiger partial charge on any atom is -0.306 e. The molecular weight excluding hydrogens is 186 g/mol. The van der Waals surface area contributed by atoms with Crippen LogP contribution in [0.15, 0.2) is 30.3 Å². The lowest BCUT2D eigenvalue weighted by Crippen LogP contribution is -2.36. The van der Waals surface area contributed by atoms with Gasteiger partial charge in [-0.3, -0.25) is 4.79 Å². The lowest BCUT2D eigenvalue weighted by molar-refractivity contribution is 0.0843. The maximum Gasteiger partial charge on any atom is 0.167 e. The fourth-order valence-electron chi connectivity index (χ4n) is 2.22. The Hall–Kier alpha value is -1.15. The molecule has 15 heavy (non-hydrogen) atoms. The van der Waals surface area contributed by atoms with Crippen LogP contribution in [0.2, 0.25) is 0 Å². The molecule has 0 aliphatic carbocycles. The summed E-state index contributed by atoms with van der Waals surface area (Å²) in [5, 5.41) is 0. The third-order valence-electron chi connectivity index (χ3n) is 3.05. The van der Waals surface area contributed by atoms with E-state index in [0.29, 0.717) is 5.78 Å². The van der Waals surface area contributed by atoms with Crippen LogP contribution in [0.25, 0.3) is 0 Å². The van der Waals surface area contributed by atoms with Crippen molar-refractivity contribution in [2.75, 3.05) is 20.1 Å². The van der Waals surface area contributed by atoms with Crippen LogP contribution in [-0.4, -0.2) is 30.8 Å². The van der Waals surface area contributed by atoms with Crippen molar-refractivity contribution in [3.05, 3.63) is 35.9 Å². The van der Waals surface area contributed by atoms with Gasteiger partial charge in [-0.1, -0.05) is 30.3 Å². The van der Waals surface area contributed by atoms with Crippen molar-refractivity contribution in [2.45, 2.75) is 12.8 Å². The number of ketones is 1. The molecule has 1 saturated heterocycles. The first-order chi connectivity index (χ1) is 7.27. The molecule has 0 amide bonds. The highest BCUT2D eigenvalue weighted by molar-refractivity contribution is 5.98. The SMILES string of the molecule is CN1CCC[C@H](C(=O)c2ccccc2)C1. The Balaban J connectivity index is 2.08. The standard InChI is InChI=1S/C13H17NO/c1-14-9-5-8-12(10-14)13(15)11-6-3-2-4-7-11/h2-4,6-7,12H,5,8-10H2,1H3/t12-/m0/s1. The smallest absolute Gasteiger partial charge is 0.167 e. The third-order valence-corrected chi connectivity index (χ3v) is 3.05. The summed E-state index contributed by atoms with van der Waals surface area (Å²) in [5.74, 6) is 0.508. The molecule has 1 aromatic rings. The molecule has 0 N–H and O–H groups in total. The Kier molecular flexibility index (Phi) is 3.17. The largest absolute Gasteiger partial charge is 0.306 e. The highest BCUT2D eigenvalue weighted by Crippen LogP contribution is 2.19. The Morgan fingerprint density at radius 1 is 1.33 bits per heavy atom. The monoisotopic (exact) mass is 203 g/mol. The third kappa shape index (κ3) is 2.45. The second-order valence-electron chi connectivity index (χ2n) is 4.33. The fraction of sp³-hybridized carbons (Fsp3) is 0.462. The number of carbonyl (C=O) groups excluding carboxylic acids is 1. The van der Waals surface area contributed by atoms with Gasteiger partial charge < -0.3 is 4.90 Å². The van der Waals surface area contributed by atoms with Crippen LogP contribution in [0.5, 0.6) is 0 Å². The lowest BCUT2D eigenvalue weighted by Gasteiger charge is -2.28. The average Bonchev–Trinajstić information content (AvgIpc) is 2.29. The van der Waals surface area contributed by atoms with Crippen molar-refractivity contribution in [1.29, 1.82) is 0 Å². The Bertz CT molecular complexity index is 334. The molecule has 0 spiro atoms. The molecule has 80 valence electrons. The average molecular weight is 203 g/mol. The molecule has 2 nitrogen and oxygen atoms in total. The zero-order chi connectivity index (χ0) is 10.7. The van der Waals surface area contributed by atoms with Gasteiger partial charge >= 0.3 is 0 Å². The van der Waals surface area contributed by atoms with Gasteiger partial charge in [0.05, 0.1) is 0 Å². The zero-order valence-electron chi connectivity index (χ0n) is 9.15. The van der Waals surface area contributed by atoms with E-state index in [9.17, 15) is 4.79 Å². The molecule has 1 aliphatic heterocycles. The first-order valence-electron chi connectivity index (χ1n) is 5.55. The number of rotatable bonds is 2. The minimum atomic E-state index is 0.200. The predicted octanol–water partition coefficient (Wildman–Crippen LogP) is 2.21. The van der Waals surface area contributed by atoms with E-state index >= 15 is 0 Å². The van der Waals surface area contributed by atoms with Gasteiger partial charge in [0, 0.05) is 18.0 Å². The van der Waals surface area contributed by atoms with Crippen molar-refractivity contribution >= 4 is 5.78 Å². The van der Waals surface area contributed by atoms with Gasteiger partial charge in [0.25, 0.3) is 0 Å². The van der Waals surface area contributed by atoms with E-state index in [1.807, 2.05) is 30.3 Å². The van der Waals surface area contributed by atoms with Crippen LogP contribution < -0.4 is 0 Å². The summed E-state index contributed by atoms with van der Waals surface area (Å²) >= 11 is 0. The number of likely N-dealkylation sites (tertiary alicyclic amines) is 1. The normalized spacial score (nSPS) is 22.6. The molecule has 0 aromatic heterocycles. The van der Waals surface area contributed by atoms with E-state index in [1.165, 1.54) is 0 Å². The number of Topliss-reactive ketones (excluding diaryl/α,β-unsaturated/α-hetero) is 1. The maximum atomic E-state index is 12.1. The summed E-state index contributed by atoms with van der Waals surface area (Å²) in [6.45, 7) is 2.03. The van der Waals surface area contributed by atoms with Crippen LogP contribution in [0.1, 0.15) is 23.2 Å². The predicted molar refractivity (Wildman–Crippen MR) is 61.0 cm³/mol. The van der Waals surface area contributed by atoms with E-state index in [2.05, 4.69) is 11.9 Å². The summed E-state index contributed by atoms with van der Waals surface area (Å²) in [5.41, 5.74) is 0.859. The molecular formula is C13H17NO. The number of piperidine rings is 1. The second kappa shape index (κ2) is 4.58. The van der Waals surface area contributed by atoms with Crippen molar-refractivity contribution < 1.29 is 4.79 Å². The molecule has 1 fully saturated rings. The number of benzene rings is 1. The van der Waals surface area contributed by atoms with Crippen molar-refractivity contribution in [3.63, 3.8) is 0 Å². The molecule has 1 aromatic carbocycles. The van der Waals surface area contributed by atoms with Gasteiger partial charge in [-0.05, 0) is 26.4 Å². The molecule has 1 aliphatic rings. The number of nitrogens with zero attached hydrogens (tertiary/aromatic N) is 1. The molecule has 2 rings (SSSR count). The minimum absolute atomic E-state index is 0.200. The van der Waals surface area contributed by atoms with Gasteiger partial charge in [-0.15, -0.1) is 0 Å². The van der Waals surface area contributed by atoms with Gasteiger partial charge in [0.15, 0.2) is 5.78 Å². The van der Waals surface area contributed by atoms with Crippen LogP contribution in [0.4, 0.5) is 0 Å². The number of carbonyl (C=O) groups is 1. The van der Waals surface area contributed by atoms with E-state index < -0.39 is 0 Å². The lowest BCUT2D eigenvalue weighted by atomic mass is 9.90. The first-order valence-corrected chi connectivity index (χ1v) is 5.55. The Morgan fingerprint density at radius 3 is 2.73 bits per heavy atom. The van der Waals surface area contributed by atoms with Crippen LogP contribution in [0, 0.1) is 5.92 Å². The maximum absolute atomic E-state index is 12.1. The summed E-state index contributed by atoms with van der Waals surface area (Å²) < 4.78 is 0. The van der Waals surface area contributed by atoms with Crippen LogP contribution in [-0.2, 0) is 0 Å².